The minimum absolute atomic E-state index is 0.0995. The summed E-state index contributed by atoms with van der Waals surface area (Å²) in [6, 6.07) is 4.87. The molecule has 2 heteroatoms. The van der Waals surface area contributed by atoms with E-state index in [0.717, 1.165) is 11.5 Å². The Bertz CT molecular complexity index is 938. The van der Waals surface area contributed by atoms with E-state index in [1.54, 1.807) is 0 Å². The summed E-state index contributed by atoms with van der Waals surface area (Å²) in [4.78, 5) is 0. The summed E-state index contributed by atoms with van der Waals surface area (Å²) in [6.07, 6.45) is 4.73. The lowest BCUT2D eigenvalue weighted by Gasteiger charge is -2.45. The van der Waals surface area contributed by atoms with Crippen LogP contribution in [0.3, 0.4) is 0 Å². The van der Waals surface area contributed by atoms with Crippen molar-refractivity contribution in [2.24, 2.45) is 0 Å². The van der Waals surface area contributed by atoms with Crippen LogP contribution in [0.15, 0.2) is 12.1 Å². The molecular weight excluding hydrogens is 368 g/mol. The van der Waals surface area contributed by atoms with Crippen molar-refractivity contribution in [2.75, 3.05) is 14.2 Å². The van der Waals surface area contributed by atoms with E-state index in [9.17, 15) is 0 Å². The molecule has 0 radical (unpaired) electrons. The molecule has 0 aliphatic heterocycles. The molecule has 30 heavy (non-hydrogen) atoms. The summed E-state index contributed by atoms with van der Waals surface area (Å²) in [5.41, 5.74) is 6.09. The summed E-state index contributed by atoms with van der Waals surface area (Å²) in [5.74, 6) is 2.11. The minimum Gasteiger partial charge on any atom is -0.496 e. The Morgan fingerprint density at radius 3 is 1.13 bits per heavy atom. The third kappa shape index (κ3) is 2.89. The van der Waals surface area contributed by atoms with Crippen molar-refractivity contribution < 1.29 is 9.47 Å². The molecule has 0 fully saturated rings. The molecule has 4 rings (SSSR count). The summed E-state index contributed by atoms with van der Waals surface area (Å²) >= 11 is 0. The molecule has 0 unspecified atom stereocenters. The van der Waals surface area contributed by atoms with Gasteiger partial charge in [-0.05, 0) is 70.6 Å². The number of ether oxygens (including phenoxy) is 2. The average Bonchev–Trinajstić information content (AvgIpc) is 2.66. The maximum absolute atomic E-state index is 6.21. The highest BCUT2D eigenvalue weighted by atomic mass is 16.5. The van der Waals surface area contributed by atoms with Gasteiger partial charge in [0.25, 0.3) is 0 Å². The van der Waals surface area contributed by atoms with E-state index in [4.69, 9.17) is 9.47 Å². The SMILES string of the molecule is COc1c2c(cc3c(OC)c4c(cc13)C(C)(C)CCC4(C)C)C(C)(C)CCC2(C)C. The summed E-state index contributed by atoms with van der Waals surface area (Å²) in [5, 5.41) is 2.42. The number of benzene rings is 2. The fourth-order valence-corrected chi connectivity index (χ4v) is 6.08. The Kier molecular flexibility index (Phi) is 4.60. The van der Waals surface area contributed by atoms with Crippen LogP contribution in [-0.4, -0.2) is 14.2 Å². The van der Waals surface area contributed by atoms with Crippen LogP contribution in [0.1, 0.15) is 103 Å². The van der Waals surface area contributed by atoms with Gasteiger partial charge in [0.05, 0.1) is 14.2 Å². The summed E-state index contributed by atoms with van der Waals surface area (Å²) < 4.78 is 12.4. The molecule has 0 heterocycles. The Hall–Kier alpha value is -1.70. The van der Waals surface area contributed by atoms with E-state index >= 15 is 0 Å². The van der Waals surface area contributed by atoms with Gasteiger partial charge < -0.3 is 9.47 Å². The monoisotopic (exact) mass is 408 g/mol. The summed E-state index contributed by atoms with van der Waals surface area (Å²) in [7, 11) is 3.68. The lowest BCUT2D eigenvalue weighted by atomic mass is 9.60. The summed E-state index contributed by atoms with van der Waals surface area (Å²) in [6.45, 7) is 19.0. The fraction of sp³-hybridized carbons (Fsp3) is 0.643. The molecule has 0 aromatic heterocycles. The van der Waals surface area contributed by atoms with Gasteiger partial charge in [0.15, 0.2) is 0 Å². The van der Waals surface area contributed by atoms with E-state index < -0.39 is 0 Å². The molecule has 0 saturated carbocycles. The zero-order valence-corrected chi connectivity index (χ0v) is 20.8. The van der Waals surface area contributed by atoms with Crippen LogP contribution in [0, 0.1) is 0 Å². The molecule has 0 N–H and O–H groups in total. The van der Waals surface area contributed by atoms with Crippen molar-refractivity contribution in [2.45, 2.75) is 103 Å². The zero-order valence-electron chi connectivity index (χ0n) is 20.8. The van der Waals surface area contributed by atoms with Crippen LogP contribution in [0.2, 0.25) is 0 Å². The zero-order chi connectivity index (χ0) is 22.3. The smallest absolute Gasteiger partial charge is 0.130 e. The number of hydrogen-bond acceptors (Lipinski definition) is 2. The largest absolute Gasteiger partial charge is 0.496 e. The lowest BCUT2D eigenvalue weighted by Crippen LogP contribution is -2.35. The van der Waals surface area contributed by atoms with Gasteiger partial charge in [0, 0.05) is 21.9 Å². The lowest BCUT2D eigenvalue weighted by molar-refractivity contribution is 0.310. The van der Waals surface area contributed by atoms with Crippen molar-refractivity contribution in [1.82, 2.24) is 0 Å². The molecule has 2 aromatic rings. The topological polar surface area (TPSA) is 18.5 Å². The van der Waals surface area contributed by atoms with Crippen molar-refractivity contribution in [1.29, 1.82) is 0 Å². The first kappa shape index (κ1) is 21.5. The van der Waals surface area contributed by atoms with Crippen LogP contribution >= 0.6 is 0 Å². The number of rotatable bonds is 2. The first-order valence-electron chi connectivity index (χ1n) is 11.5. The molecule has 2 aliphatic rings. The van der Waals surface area contributed by atoms with Crippen molar-refractivity contribution in [3.05, 3.63) is 34.4 Å². The molecule has 2 aromatic carbocycles. The van der Waals surface area contributed by atoms with E-state index in [1.807, 2.05) is 14.2 Å². The van der Waals surface area contributed by atoms with Gasteiger partial charge in [-0.1, -0.05) is 55.4 Å². The van der Waals surface area contributed by atoms with Gasteiger partial charge in [-0.3, -0.25) is 0 Å². The highest BCUT2D eigenvalue weighted by Gasteiger charge is 2.43. The van der Waals surface area contributed by atoms with Gasteiger partial charge >= 0.3 is 0 Å². The molecule has 0 amide bonds. The normalized spacial score (nSPS) is 22.9. The van der Waals surface area contributed by atoms with E-state index in [-0.39, 0.29) is 21.7 Å². The first-order chi connectivity index (χ1) is 13.8. The van der Waals surface area contributed by atoms with Crippen molar-refractivity contribution in [3.8, 4) is 11.5 Å². The van der Waals surface area contributed by atoms with Crippen LogP contribution in [0.5, 0.6) is 11.5 Å². The van der Waals surface area contributed by atoms with Crippen molar-refractivity contribution in [3.63, 3.8) is 0 Å². The molecule has 2 aliphatic carbocycles. The second-order valence-electron chi connectivity index (χ2n) is 12.3. The van der Waals surface area contributed by atoms with Crippen LogP contribution in [-0.2, 0) is 21.7 Å². The maximum atomic E-state index is 6.21. The number of methoxy groups -OCH3 is 2. The Morgan fingerprint density at radius 2 is 0.833 bits per heavy atom. The van der Waals surface area contributed by atoms with Crippen molar-refractivity contribution >= 4 is 10.8 Å². The molecule has 0 bridgehead atoms. The minimum atomic E-state index is 0.0995. The second kappa shape index (κ2) is 6.40. The fourth-order valence-electron chi connectivity index (χ4n) is 6.08. The molecule has 0 spiro atoms. The molecule has 0 atom stereocenters. The predicted octanol–water partition coefficient (Wildman–Crippen LogP) is 7.56. The van der Waals surface area contributed by atoms with Gasteiger partial charge in [-0.15, -0.1) is 0 Å². The highest BCUT2D eigenvalue weighted by molar-refractivity contribution is 5.98. The molecule has 2 nitrogen and oxygen atoms in total. The van der Waals surface area contributed by atoms with Crippen LogP contribution in [0.4, 0.5) is 0 Å². The first-order valence-corrected chi connectivity index (χ1v) is 11.5. The molecular formula is C28H40O2. The maximum Gasteiger partial charge on any atom is 0.130 e. The van der Waals surface area contributed by atoms with Gasteiger partial charge in [0.2, 0.25) is 0 Å². The van der Waals surface area contributed by atoms with E-state index in [0.29, 0.717) is 0 Å². The van der Waals surface area contributed by atoms with Gasteiger partial charge in [-0.25, -0.2) is 0 Å². The standard InChI is InChI=1S/C28H40O2/c1-25(2)11-13-27(5,6)21-19(25)15-17-18(23(21)29-9)16-20-22(24(17)30-10)28(7,8)14-12-26(20,3)4/h15-16H,11-14H2,1-10H3. The van der Waals surface area contributed by atoms with E-state index in [2.05, 4.69) is 67.5 Å². The molecule has 0 saturated heterocycles. The number of fused-ring (bicyclic) bond motifs is 3. The average molecular weight is 409 g/mol. The Morgan fingerprint density at radius 1 is 0.533 bits per heavy atom. The van der Waals surface area contributed by atoms with Crippen LogP contribution in [0.25, 0.3) is 10.8 Å². The molecule has 164 valence electrons. The van der Waals surface area contributed by atoms with Gasteiger partial charge in [0.1, 0.15) is 11.5 Å². The Balaban J connectivity index is 2.23. The second-order valence-corrected chi connectivity index (χ2v) is 12.3. The third-order valence-corrected chi connectivity index (χ3v) is 8.32. The predicted molar refractivity (Wildman–Crippen MR) is 128 cm³/mol. The highest BCUT2D eigenvalue weighted by Crippen LogP contribution is 2.57. The van der Waals surface area contributed by atoms with Crippen LogP contribution < -0.4 is 9.47 Å². The van der Waals surface area contributed by atoms with Gasteiger partial charge in [-0.2, -0.15) is 0 Å². The van der Waals surface area contributed by atoms with E-state index in [1.165, 1.54) is 58.7 Å². The third-order valence-electron chi connectivity index (χ3n) is 8.32. The Labute approximate surface area is 183 Å². The quantitative estimate of drug-likeness (QED) is 0.510. The number of hydrogen-bond donors (Lipinski definition) is 0.